The SMILES string of the molecule is CCCC(CCC)O[Si](CCCN(CC(O)CO)CC(O)CO)(OC)OC. The third-order valence-corrected chi connectivity index (χ3v) is 7.41. The highest BCUT2D eigenvalue weighted by Gasteiger charge is 2.40. The van der Waals surface area contributed by atoms with E-state index in [9.17, 15) is 10.2 Å². The molecule has 2 atom stereocenters. The largest absolute Gasteiger partial charge is 0.500 e. The quantitative estimate of drug-likeness (QED) is 0.243. The van der Waals surface area contributed by atoms with Gasteiger partial charge in [-0.05, 0) is 25.8 Å². The molecule has 8 nitrogen and oxygen atoms in total. The van der Waals surface area contributed by atoms with Crippen LogP contribution in [0.25, 0.3) is 0 Å². The van der Waals surface area contributed by atoms with Crippen LogP contribution in [0.4, 0.5) is 0 Å². The lowest BCUT2D eigenvalue weighted by atomic mass is 10.1. The summed E-state index contributed by atoms with van der Waals surface area (Å²) in [5, 5.41) is 37.5. The molecule has 0 saturated heterocycles. The van der Waals surface area contributed by atoms with E-state index in [1.807, 2.05) is 4.90 Å². The minimum atomic E-state index is -2.79. The second-order valence-electron chi connectivity index (χ2n) is 6.94. The van der Waals surface area contributed by atoms with Crippen LogP contribution >= 0.6 is 0 Å². The fraction of sp³-hybridized carbons (Fsp3) is 1.00. The molecule has 27 heavy (non-hydrogen) atoms. The van der Waals surface area contributed by atoms with Gasteiger partial charge in [0.2, 0.25) is 0 Å². The second kappa shape index (κ2) is 15.8. The molecule has 0 amide bonds. The van der Waals surface area contributed by atoms with Gasteiger partial charge in [0, 0.05) is 39.5 Å². The maximum atomic E-state index is 9.70. The summed E-state index contributed by atoms with van der Waals surface area (Å²) in [6, 6.07) is 0.616. The summed E-state index contributed by atoms with van der Waals surface area (Å²) in [5.74, 6) is 0. The lowest BCUT2D eigenvalue weighted by Gasteiger charge is -2.32. The highest BCUT2D eigenvalue weighted by atomic mass is 28.4. The summed E-state index contributed by atoms with van der Waals surface area (Å²) in [6.45, 7) is 4.57. The Morgan fingerprint density at radius 1 is 0.889 bits per heavy atom. The molecular formula is C18H41NO7Si. The minimum absolute atomic E-state index is 0.120. The van der Waals surface area contributed by atoms with E-state index >= 15 is 0 Å². The second-order valence-corrected chi connectivity index (χ2v) is 9.86. The number of hydrogen-bond acceptors (Lipinski definition) is 8. The number of aliphatic hydroxyl groups is 4. The van der Waals surface area contributed by atoms with Crippen molar-refractivity contribution in [3.63, 3.8) is 0 Å². The first-order valence-electron chi connectivity index (χ1n) is 9.98. The molecule has 0 aromatic rings. The molecular weight excluding hydrogens is 370 g/mol. The number of nitrogens with zero attached hydrogens (tertiary/aromatic N) is 1. The monoisotopic (exact) mass is 411 g/mol. The first kappa shape index (κ1) is 26.9. The van der Waals surface area contributed by atoms with E-state index in [-0.39, 0.29) is 32.4 Å². The molecule has 2 unspecified atom stereocenters. The van der Waals surface area contributed by atoms with E-state index in [4.69, 9.17) is 23.5 Å². The van der Waals surface area contributed by atoms with Crippen LogP contribution in [0.1, 0.15) is 46.0 Å². The summed E-state index contributed by atoms with van der Waals surface area (Å²) in [7, 11) is 0.442. The van der Waals surface area contributed by atoms with Crippen molar-refractivity contribution in [1.29, 1.82) is 0 Å². The molecule has 0 aromatic carbocycles. The van der Waals surface area contributed by atoms with Crippen molar-refractivity contribution in [1.82, 2.24) is 4.90 Å². The molecule has 0 saturated carbocycles. The molecule has 9 heteroatoms. The van der Waals surface area contributed by atoms with Gasteiger partial charge in [-0.2, -0.15) is 0 Å². The molecule has 4 N–H and O–H groups in total. The Bertz CT molecular complexity index is 330. The predicted octanol–water partition coefficient (Wildman–Crippen LogP) is 0.602. The molecule has 0 rings (SSSR count). The van der Waals surface area contributed by atoms with Crippen LogP contribution in [-0.4, -0.2) is 99.5 Å². The Balaban J connectivity index is 4.81. The van der Waals surface area contributed by atoms with Gasteiger partial charge in [-0.25, -0.2) is 0 Å². The summed E-state index contributed by atoms with van der Waals surface area (Å²) >= 11 is 0. The Labute approximate surface area is 165 Å². The molecule has 0 aromatic heterocycles. The van der Waals surface area contributed by atoms with Crippen molar-refractivity contribution in [2.24, 2.45) is 0 Å². The lowest BCUT2D eigenvalue weighted by Crippen LogP contribution is -2.47. The Hall–Kier alpha value is -0.103. The number of aliphatic hydroxyl groups excluding tert-OH is 4. The normalized spacial score (nSPS) is 14.9. The third-order valence-electron chi connectivity index (χ3n) is 4.51. The number of rotatable bonds is 18. The van der Waals surface area contributed by atoms with Crippen molar-refractivity contribution in [2.45, 2.75) is 70.3 Å². The van der Waals surface area contributed by atoms with Crippen molar-refractivity contribution in [3.8, 4) is 0 Å². The first-order chi connectivity index (χ1) is 12.9. The van der Waals surface area contributed by atoms with E-state index in [2.05, 4.69) is 13.8 Å². The topological polar surface area (TPSA) is 112 Å². The van der Waals surface area contributed by atoms with E-state index < -0.39 is 21.0 Å². The highest BCUT2D eigenvalue weighted by Crippen LogP contribution is 2.22. The van der Waals surface area contributed by atoms with Crippen molar-refractivity contribution >= 4 is 8.80 Å². The van der Waals surface area contributed by atoms with Gasteiger partial charge in [-0.1, -0.05) is 26.7 Å². The zero-order valence-electron chi connectivity index (χ0n) is 17.5. The average molecular weight is 412 g/mol. The standard InChI is InChI=1S/C18H41NO7Si/c1-5-8-18(9-6-2)26-27(24-3,25-4)11-7-10-19(12-16(22)14-20)13-17(23)15-21/h16-18,20-23H,5-15H2,1-4H3. The summed E-state index contributed by atoms with van der Waals surface area (Å²) in [4.78, 5) is 1.82. The zero-order valence-corrected chi connectivity index (χ0v) is 18.5. The molecule has 0 fully saturated rings. The smallest absolute Gasteiger partial charge is 0.394 e. The predicted molar refractivity (Wildman–Crippen MR) is 107 cm³/mol. The maximum absolute atomic E-state index is 9.70. The molecule has 0 radical (unpaired) electrons. The van der Waals surface area contributed by atoms with Gasteiger partial charge >= 0.3 is 8.80 Å². The van der Waals surface area contributed by atoms with Gasteiger partial charge in [0.05, 0.1) is 25.4 Å². The van der Waals surface area contributed by atoms with Gasteiger partial charge in [0.15, 0.2) is 0 Å². The first-order valence-corrected chi connectivity index (χ1v) is 11.9. The summed E-state index contributed by atoms with van der Waals surface area (Å²) in [6.07, 6.45) is 3.03. The molecule has 0 aliphatic carbocycles. The Kier molecular flexibility index (Phi) is 15.7. The minimum Gasteiger partial charge on any atom is -0.394 e. The number of hydrogen-bond donors (Lipinski definition) is 4. The Morgan fingerprint density at radius 3 is 1.74 bits per heavy atom. The van der Waals surface area contributed by atoms with Crippen molar-refractivity contribution in [2.75, 3.05) is 47.1 Å². The van der Waals surface area contributed by atoms with Crippen LogP contribution in [0.2, 0.25) is 6.04 Å². The summed E-state index contributed by atoms with van der Waals surface area (Å²) in [5.41, 5.74) is 0. The van der Waals surface area contributed by atoms with Gasteiger partial charge in [-0.3, -0.25) is 4.90 Å². The maximum Gasteiger partial charge on any atom is 0.500 e. The zero-order chi connectivity index (χ0) is 20.7. The van der Waals surface area contributed by atoms with Gasteiger partial charge in [0.1, 0.15) is 0 Å². The van der Waals surface area contributed by atoms with Crippen LogP contribution in [0.5, 0.6) is 0 Å². The molecule has 0 spiro atoms. The van der Waals surface area contributed by atoms with Gasteiger partial charge in [0.25, 0.3) is 0 Å². The van der Waals surface area contributed by atoms with Crippen LogP contribution < -0.4 is 0 Å². The summed E-state index contributed by atoms with van der Waals surface area (Å²) < 4.78 is 17.7. The van der Waals surface area contributed by atoms with E-state index in [0.717, 1.165) is 25.7 Å². The lowest BCUT2D eigenvalue weighted by molar-refractivity contribution is 0.0214. The molecule has 0 aliphatic heterocycles. The van der Waals surface area contributed by atoms with E-state index in [0.29, 0.717) is 19.0 Å². The van der Waals surface area contributed by atoms with Crippen molar-refractivity contribution in [3.05, 3.63) is 0 Å². The van der Waals surface area contributed by atoms with Crippen molar-refractivity contribution < 1.29 is 33.7 Å². The van der Waals surface area contributed by atoms with Gasteiger partial charge < -0.3 is 33.7 Å². The molecule has 0 bridgehead atoms. The van der Waals surface area contributed by atoms with Crippen LogP contribution in [0.3, 0.4) is 0 Å². The fourth-order valence-corrected chi connectivity index (χ4v) is 5.31. The molecule has 0 aliphatic rings. The van der Waals surface area contributed by atoms with Crippen LogP contribution in [-0.2, 0) is 13.3 Å². The fourth-order valence-electron chi connectivity index (χ4n) is 3.09. The Morgan fingerprint density at radius 2 is 1.37 bits per heavy atom. The molecule has 0 heterocycles. The molecule has 164 valence electrons. The van der Waals surface area contributed by atoms with E-state index in [1.165, 1.54) is 0 Å². The third kappa shape index (κ3) is 11.5. The average Bonchev–Trinajstić information content (AvgIpc) is 2.67. The van der Waals surface area contributed by atoms with E-state index in [1.54, 1.807) is 14.2 Å². The highest BCUT2D eigenvalue weighted by molar-refractivity contribution is 6.60. The van der Waals surface area contributed by atoms with Crippen LogP contribution in [0.15, 0.2) is 0 Å². The van der Waals surface area contributed by atoms with Gasteiger partial charge in [-0.15, -0.1) is 0 Å². The van der Waals surface area contributed by atoms with Crippen LogP contribution in [0, 0.1) is 0 Å².